The summed E-state index contributed by atoms with van der Waals surface area (Å²) in [6, 6.07) is 1.70. The number of anilines is 1. The van der Waals surface area contributed by atoms with E-state index < -0.39 is 0 Å². The van der Waals surface area contributed by atoms with Crippen LogP contribution in [0.4, 0.5) is 5.95 Å². The van der Waals surface area contributed by atoms with Gasteiger partial charge < -0.3 is 0 Å². The van der Waals surface area contributed by atoms with Crippen molar-refractivity contribution >= 4 is 17.5 Å². The summed E-state index contributed by atoms with van der Waals surface area (Å²) in [5, 5.41) is 4.53. The molecule has 14 heavy (non-hydrogen) atoms. The molecule has 0 aromatic carbocycles. The number of nitrogen functional groups attached to an aromatic ring is 1. The molecule has 0 amide bonds. The molecule has 7 heteroatoms. The lowest BCUT2D eigenvalue weighted by molar-refractivity contribution is 0.840. The van der Waals surface area contributed by atoms with Crippen LogP contribution in [0.25, 0.3) is 5.82 Å². The number of aromatic nitrogens is 4. The molecule has 0 aliphatic heterocycles. The highest BCUT2D eigenvalue weighted by Gasteiger charge is 2.01. The molecule has 0 aliphatic rings. The molecule has 0 saturated heterocycles. The molecule has 2 rings (SSSR count). The Hall–Kier alpha value is -1.66. The number of hydrogen-bond donors (Lipinski definition) is 2. The molecule has 0 aliphatic carbocycles. The summed E-state index contributed by atoms with van der Waals surface area (Å²) in [5.74, 6) is 6.10. The van der Waals surface area contributed by atoms with Crippen molar-refractivity contribution in [2.45, 2.75) is 0 Å². The van der Waals surface area contributed by atoms with Gasteiger partial charge in [-0.3, -0.25) is 5.43 Å². The molecule has 0 bridgehead atoms. The van der Waals surface area contributed by atoms with Crippen LogP contribution in [-0.2, 0) is 0 Å². The number of hydrogen-bond acceptors (Lipinski definition) is 5. The lowest BCUT2D eigenvalue weighted by Crippen LogP contribution is -2.11. The average Bonchev–Trinajstić information content (AvgIpc) is 2.65. The SMILES string of the molecule is NNc1nccc(-n2cc(Cl)cn2)n1. The molecule has 0 saturated carbocycles. The van der Waals surface area contributed by atoms with E-state index in [9.17, 15) is 0 Å². The standard InChI is InChI=1S/C7H7ClN6/c8-5-3-11-14(4-5)6-1-2-10-7(12-6)13-9/h1-4H,9H2,(H,10,12,13). The number of rotatable bonds is 2. The molecular weight excluding hydrogens is 204 g/mol. The maximum atomic E-state index is 5.72. The second-order valence-corrected chi connectivity index (χ2v) is 2.92. The van der Waals surface area contributed by atoms with Crippen molar-refractivity contribution in [3.05, 3.63) is 29.7 Å². The molecule has 2 heterocycles. The van der Waals surface area contributed by atoms with Gasteiger partial charge in [0.25, 0.3) is 0 Å². The summed E-state index contributed by atoms with van der Waals surface area (Å²) in [6.07, 6.45) is 4.75. The Balaban J connectivity index is 2.41. The lowest BCUT2D eigenvalue weighted by atomic mass is 10.6. The smallest absolute Gasteiger partial charge is 0.239 e. The van der Waals surface area contributed by atoms with Gasteiger partial charge in [-0.1, -0.05) is 11.6 Å². The Labute approximate surface area is 84.7 Å². The van der Waals surface area contributed by atoms with Gasteiger partial charge in [0, 0.05) is 12.3 Å². The van der Waals surface area contributed by atoms with Gasteiger partial charge in [-0.05, 0) is 0 Å². The Morgan fingerprint density at radius 3 is 3.00 bits per heavy atom. The molecule has 0 atom stereocenters. The molecule has 2 aromatic rings. The highest BCUT2D eigenvalue weighted by Crippen LogP contribution is 2.10. The highest BCUT2D eigenvalue weighted by molar-refractivity contribution is 6.30. The summed E-state index contributed by atoms with van der Waals surface area (Å²) in [5.41, 5.74) is 2.35. The minimum atomic E-state index is 0.328. The molecule has 2 aromatic heterocycles. The van der Waals surface area contributed by atoms with Gasteiger partial charge in [0.05, 0.1) is 17.4 Å². The van der Waals surface area contributed by atoms with Crippen LogP contribution in [0.1, 0.15) is 0 Å². The van der Waals surface area contributed by atoms with Gasteiger partial charge >= 0.3 is 0 Å². The van der Waals surface area contributed by atoms with Crippen LogP contribution in [0.5, 0.6) is 0 Å². The fraction of sp³-hybridized carbons (Fsp3) is 0. The Bertz CT molecular complexity index is 439. The quantitative estimate of drug-likeness (QED) is 0.561. The number of nitrogens with one attached hydrogen (secondary N) is 1. The van der Waals surface area contributed by atoms with Crippen LogP contribution >= 0.6 is 11.6 Å². The maximum Gasteiger partial charge on any atom is 0.239 e. The second kappa shape index (κ2) is 3.60. The fourth-order valence-corrected chi connectivity index (χ4v) is 1.11. The third-order valence-electron chi connectivity index (χ3n) is 1.56. The largest absolute Gasteiger partial charge is 0.292 e. The minimum Gasteiger partial charge on any atom is -0.292 e. The lowest BCUT2D eigenvalue weighted by Gasteiger charge is -2.01. The van der Waals surface area contributed by atoms with Gasteiger partial charge in [0.1, 0.15) is 0 Å². The first kappa shape index (κ1) is 8.92. The predicted molar refractivity (Wildman–Crippen MR) is 52.0 cm³/mol. The normalized spacial score (nSPS) is 10.1. The van der Waals surface area contributed by atoms with Crippen LogP contribution < -0.4 is 11.3 Å². The summed E-state index contributed by atoms with van der Waals surface area (Å²) < 4.78 is 1.53. The Morgan fingerprint density at radius 2 is 2.36 bits per heavy atom. The molecule has 0 unspecified atom stereocenters. The van der Waals surface area contributed by atoms with Crippen LogP contribution in [0, 0.1) is 0 Å². The van der Waals surface area contributed by atoms with Crippen molar-refractivity contribution < 1.29 is 0 Å². The van der Waals surface area contributed by atoms with E-state index in [1.807, 2.05) is 0 Å². The van der Waals surface area contributed by atoms with E-state index in [0.29, 0.717) is 16.8 Å². The predicted octanol–water partition coefficient (Wildman–Crippen LogP) is 0.601. The van der Waals surface area contributed by atoms with Crippen molar-refractivity contribution in [2.24, 2.45) is 5.84 Å². The minimum absolute atomic E-state index is 0.328. The zero-order valence-electron chi connectivity index (χ0n) is 7.05. The van der Waals surface area contributed by atoms with Gasteiger partial charge in [-0.2, -0.15) is 10.1 Å². The molecule has 0 fully saturated rings. The van der Waals surface area contributed by atoms with Crippen LogP contribution in [0.3, 0.4) is 0 Å². The summed E-state index contributed by atoms with van der Waals surface area (Å²) in [4.78, 5) is 7.94. The van der Waals surface area contributed by atoms with E-state index >= 15 is 0 Å². The fourth-order valence-electron chi connectivity index (χ4n) is 0.972. The number of nitrogens with two attached hydrogens (primary N) is 1. The third-order valence-corrected chi connectivity index (χ3v) is 1.75. The summed E-state index contributed by atoms with van der Waals surface area (Å²) in [6.45, 7) is 0. The number of nitrogens with zero attached hydrogens (tertiary/aromatic N) is 4. The van der Waals surface area contributed by atoms with Gasteiger partial charge in [0.2, 0.25) is 5.95 Å². The first-order valence-corrected chi connectivity index (χ1v) is 4.17. The summed E-state index contributed by atoms with van der Waals surface area (Å²) in [7, 11) is 0. The zero-order valence-corrected chi connectivity index (χ0v) is 7.81. The topological polar surface area (TPSA) is 81.6 Å². The van der Waals surface area contributed by atoms with Gasteiger partial charge in [-0.15, -0.1) is 0 Å². The van der Waals surface area contributed by atoms with Crippen molar-refractivity contribution in [1.82, 2.24) is 19.7 Å². The molecule has 6 nitrogen and oxygen atoms in total. The van der Waals surface area contributed by atoms with Crippen molar-refractivity contribution in [1.29, 1.82) is 0 Å². The first-order valence-electron chi connectivity index (χ1n) is 3.80. The third kappa shape index (κ3) is 1.66. The van der Waals surface area contributed by atoms with Crippen LogP contribution in [0.15, 0.2) is 24.7 Å². The van der Waals surface area contributed by atoms with E-state index in [4.69, 9.17) is 17.4 Å². The van der Waals surface area contributed by atoms with Crippen molar-refractivity contribution in [3.63, 3.8) is 0 Å². The van der Waals surface area contributed by atoms with Crippen molar-refractivity contribution in [3.8, 4) is 5.82 Å². The average molecular weight is 211 g/mol. The molecule has 0 radical (unpaired) electrons. The van der Waals surface area contributed by atoms with Crippen LogP contribution in [0.2, 0.25) is 5.02 Å². The van der Waals surface area contributed by atoms with E-state index in [0.717, 1.165) is 0 Å². The zero-order chi connectivity index (χ0) is 9.97. The summed E-state index contributed by atoms with van der Waals surface area (Å²) >= 11 is 5.72. The van der Waals surface area contributed by atoms with Gasteiger partial charge in [-0.25, -0.2) is 15.5 Å². The van der Waals surface area contributed by atoms with Crippen molar-refractivity contribution in [2.75, 3.05) is 5.43 Å². The first-order chi connectivity index (χ1) is 6.79. The monoisotopic (exact) mass is 210 g/mol. The molecule has 0 spiro atoms. The van der Waals surface area contributed by atoms with E-state index in [1.165, 1.54) is 10.9 Å². The van der Waals surface area contributed by atoms with Crippen LogP contribution in [-0.4, -0.2) is 19.7 Å². The second-order valence-electron chi connectivity index (χ2n) is 2.49. The van der Waals surface area contributed by atoms with E-state index in [2.05, 4.69) is 20.5 Å². The maximum absolute atomic E-state index is 5.72. The number of hydrazine groups is 1. The highest BCUT2D eigenvalue weighted by atomic mass is 35.5. The molecule has 72 valence electrons. The Kier molecular flexibility index (Phi) is 2.30. The van der Waals surface area contributed by atoms with Gasteiger partial charge in [0.15, 0.2) is 5.82 Å². The molecular formula is C7H7ClN6. The van der Waals surface area contributed by atoms with E-state index in [1.54, 1.807) is 18.5 Å². The number of halogens is 1. The Morgan fingerprint density at radius 1 is 1.50 bits per heavy atom. The molecule has 3 N–H and O–H groups in total. The van der Waals surface area contributed by atoms with E-state index in [-0.39, 0.29) is 0 Å².